The average molecular weight is 289 g/mol. The third kappa shape index (κ3) is 2.81. The molecule has 1 aromatic carbocycles. The van der Waals surface area contributed by atoms with Gasteiger partial charge in [-0.15, -0.1) is 0 Å². The Morgan fingerprint density at radius 1 is 1.20 bits per heavy atom. The van der Waals surface area contributed by atoms with Gasteiger partial charge >= 0.3 is 0 Å². The number of hydrogen-bond acceptors (Lipinski definition) is 4. The summed E-state index contributed by atoms with van der Waals surface area (Å²) < 4.78 is 4.61. The van der Waals surface area contributed by atoms with Gasteiger partial charge in [0.25, 0.3) is 0 Å². The van der Waals surface area contributed by atoms with Gasteiger partial charge in [0.2, 0.25) is 0 Å². The Morgan fingerprint density at radius 3 is 2.80 bits per heavy atom. The summed E-state index contributed by atoms with van der Waals surface area (Å²) >= 11 is 1.65. The molecule has 0 bridgehead atoms. The minimum Gasteiger partial charge on any atom is -0.359 e. The van der Waals surface area contributed by atoms with E-state index >= 15 is 0 Å². The molecule has 3 rings (SSSR count). The van der Waals surface area contributed by atoms with Crippen LogP contribution in [-0.4, -0.2) is 23.5 Å². The van der Waals surface area contributed by atoms with E-state index in [1.165, 1.54) is 42.5 Å². The van der Waals surface area contributed by atoms with E-state index in [4.69, 9.17) is 5.73 Å². The van der Waals surface area contributed by atoms with E-state index in [9.17, 15) is 0 Å². The van der Waals surface area contributed by atoms with Gasteiger partial charge in [-0.3, -0.25) is 0 Å². The van der Waals surface area contributed by atoms with Gasteiger partial charge in [0, 0.05) is 18.0 Å². The smallest absolute Gasteiger partial charge is 0.120 e. The lowest BCUT2D eigenvalue weighted by Crippen LogP contribution is -2.37. The van der Waals surface area contributed by atoms with Crippen LogP contribution in [0.5, 0.6) is 0 Å². The van der Waals surface area contributed by atoms with E-state index in [1.807, 2.05) is 0 Å². The number of nitrogens with two attached hydrogens (primary N) is 1. The van der Waals surface area contributed by atoms with Crippen molar-refractivity contribution in [3.8, 4) is 0 Å². The molecule has 108 valence electrons. The topological polar surface area (TPSA) is 42.1 Å². The molecular weight excluding hydrogens is 266 g/mol. The quantitative estimate of drug-likeness (QED) is 0.910. The molecular formula is C16H23N3S. The number of hydrogen-bond donors (Lipinski definition) is 1. The lowest BCUT2D eigenvalue weighted by Gasteiger charge is -2.35. The van der Waals surface area contributed by atoms with Crippen molar-refractivity contribution in [2.45, 2.75) is 44.6 Å². The van der Waals surface area contributed by atoms with Crippen LogP contribution in [0.4, 0.5) is 5.00 Å². The first-order valence-corrected chi connectivity index (χ1v) is 8.48. The highest BCUT2D eigenvalue weighted by Crippen LogP contribution is 2.35. The standard InChI is InChI=1S/C16H23N3S/c17-11-6-12-19(13-7-2-1-3-8-13)16-14-9-4-5-10-15(14)18-20-16/h4-5,9-10,13H,1-3,6-8,11-12,17H2. The number of benzene rings is 1. The zero-order chi connectivity index (χ0) is 13.8. The number of fused-ring (bicyclic) bond motifs is 1. The molecule has 2 aromatic rings. The fraction of sp³-hybridized carbons (Fsp3) is 0.562. The highest BCUT2D eigenvalue weighted by Gasteiger charge is 2.23. The van der Waals surface area contributed by atoms with Gasteiger partial charge in [-0.25, -0.2) is 0 Å². The van der Waals surface area contributed by atoms with Gasteiger partial charge in [-0.2, -0.15) is 4.37 Å². The van der Waals surface area contributed by atoms with E-state index in [0.29, 0.717) is 6.04 Å². The Hall–Kier alpha value is -1.13. The monoisotopic (exact) mass is 289 g/mol. The Kier molecular flexibility index (Phi) is 4.53. The molecule has 0 aliphatic heterocycles. The second-order valence-corrected chi connectivity index (χ2v) is 6.38. The van der Waals surface area contributed by atoms with Gasteiger partial charge in [0.1, 0.15) is 5.00 Å². The maximum Gasteiger partial charge on any atom is 0.120 e. The fourth-order valence-electron chi connectivity index (χ4n) is 3.19. The molecule has 0 amide bonds. The summed E-state index contributed by atoms with van der Waals surface area (Å²) in [6, 6.07) is 9.17. The zero-order valence-corrected chi connectivity index (χ0v) is 12.7. The van der Waals surface area contributed by atoms with Gasteiger partial charge in [-0.1, -0.05) is 31.4 Å². The van der Waals surface area contributed by atoms with Crippen molar-refractivity contribution in [3.05, 3.63) is 24.3 Å². The molecule has 1 aromatic heterocycles. The van der Waals surface area contributed by atoms with Crippen LogP contribution in [0.1, 0.15) is 38.5 Å². The van der Waals surface area contributed by atoms with E-state index < -0.39 is 0 Å². The van der Waals surface area contributed by atoms with Crippen molar-refractivity contribution in [1.82, 2.24) is 4.37 Å². The maximum atomic E-state index is 5.73. The summed E-state index contributed by atoms with van der Waals surface area (Å²) in [6.07, 6.45) is 7.81. The predicted molar refractivity (Wildman–Crippen MR) is 87.5 cm³/mol. The summed E-state index contributed by atoms with van der Waals surface area (Å²) in [5, 5.41) is 2.65. The molecule has 2 N–H and O–H groups in total. The Bertz CT molecular complexity index is 545. The molecule has 1 aliphatic carbocycles. The Morgan fingerprint density at radius 2 is 2.00 bits per heavy atom. The third-order valence-corrected chi connectivity index (χ3v) is 5.16. The predicted octanol–water partition coefficient (Wildman–Crippen LogP) is 3.78. The van der Waals surface area contributed by atoms with Crippen LogP contribution < -0.4 is 10.6 Å². The SMILES string of the molecule is NCCCN(c1snc2ccccc12)C1CCCCC1. The number of rotatable bonds is 5. The van der Waals surface area contributed by atoms with Crippen molar-refractivity contribution in [3.63, 3.8) is 0 Å². The van der Waals surface area contributed by atoms with Crippen LogP contribution in [0, 0.1) is 0 Å². The van der Waals surface area contributed by atoms with E-state index in [1.54, 1.807) is 11.5 Å². The first-order chi connectivity index (χ1) is 9.90. The molecule has 0 spiro atoms. The number of aromatic nitrogens is 1. The number of anilines is 1. The van der Waals surface area contributed by atoms with Crippen LogP contribution in [0.25, 0.3) is 10.9 Å². The highest BCUT2D eigenvalue weighted by molar-refractivity contribution is 7.11. The zero-order valence-electron chi connectivity index (χ0n) is 11.9. The summed E-state index contributed by atoms with van der Waals surface area (Å²) in [5.41, 5.74) is 6.86. The normalized spacial score (nSPS) is 16.6. The van der Waals surface area contributed by atoms with Crippen molar-refractivity contribution in [2.75, 3.05) is 18.0 Å². The molecule has 0 saturated heterocycles. The lowest BCUT2D eigenvalue weighted by atomic mass is 9.94. The van der Waals surface area contributed by atoms with Crippen LogP contribution >= 0.6 is 11.5 Å². The van der Waals surface area contributed by atoms with Crippen LogP contribution in [-0.2, 0) is 0 Å². The highest BCUT2D eigenvalue weighted by atomic mass is 32.1. The van der Waals surface area contributed by atoms with E-state index in [0.717, 1.165) is 25.0 Å². The molecule has 3 nitrogen and oxygen atoms in total. The van der Waals surface area contributed by atoms with Crippen molar-refractivity contribution in [2.24, 2.45) is 5.73 Å². The summed E-state index contributed by atoms with van der Waals surface area (Å²) in [7, 11) is 0. The first-order valence-electron chi connectivity index (χ1n) is 7.71. The molecule has 4 heteroatoms. The minimum atomic E-state index is 0.680. The molecule has 1 saturated carbocycles. The third-order valence-electron chi connectivity index (χ3n) is 4.24. The summed E-state index contributed by atoms with van der Waals surface area (Å²) in [4.78, 5) is 2.59. The first kappa shape index (κ1) is 13.8. The fourth-order valence-corrected chi connectivity index (χ4v) is 4.15. The average Bonchev–Trinajstić information content (AvgIpc) is 2.93. The number of nitrogens with zero attached hydrogens (tertiary/aromatic N) is 2. The molecule has 1 heterocycles. The second-order valence-electron chi connectivity index (χ2n) is 5.63. The minimum absolute atomic E-state index is 0.680. The summed E-state index contributed by atoms with van der Waals surface area (Å²) in [6.45, 7) is 1.83. The van der Waals surface area contributed by atoms with Crippen molar-refractivity contribution in [1.29, 1.82) is 0 Å². The van der Waals surface area contributed by atoms with Gasteiger partial charge in [0.05, 0.1) is 5.52 Å². The van der Waals surface area contributed by atoms with E-state index in [2.05, 4.69) is 33.5 Å². The summed E-state index contributed by atoms with van der Waals surface area (Å²) in [5.74, 6) is 0. The molecule has 1 aliphatic rings. The second kappa shape index (κ2) is 6.55. The van der Waals surface area contributed by atoms with Crippen molar-refractivity contribution < 1.29 is 0 Å². The Balaban J connectivity index is 1.90. The van der Waals surface area contributed by atoms with Crippen molar-refractivity contribution >= 4 is 27.4 Å². The molecule has 0 unspecified atom stereocenters. The lowest BCUT2D eigenvalue weighted by molar-refractivity contribution is 0.415. The Labute approximate surface area is 124 Å². The molecule has 0 radical (unpaired) electrons. The molecule has 20 heavy (non-hydrogen) atoms. The van der Waals surface area contributed by atoms with Crippen LogP contribution in [0.15, 0.2) is 24.3 Å². The van der Waals surface area contributed by atoms with Gasteiger partial charge < -0.3 is 10.6 Å². The van der Waals surface area contributed by atoms with E-state index in [-0.39, 0.29) is 0 Å². The van der Waals surface area contributed by atoms with Gasteiger partial charge in [0.15, 0.2) is 0 Å². The largest absolute Gasteiger partial charge is 0.359 e. The maximum absolute atomic E-state index is 5.73. The van der Waals surface area contributed by atoms with Crippen LogP contribution in [0.2, 0.25) is 0 Å². The van der Waals surface area contributed by atoms with Crippen LogP contribution in [0.3, 0.4) is 0 Å². The molecule has 0 atom stereocenters. The molecule has 1 fully saturated rings. The van der Waals surface area contributed by atoms with Gasteiger partial charge in [-0.05, 0) is 49.5 Å².